The molecule has 1 aromatic heterocycles. The molecule has 0 spiro atoms. The number of hydrogen-bond acceptors (Lipinski definition) is 6. The number of carbonyl (C=O) groups is 3. The van der Waals surface area contributed by atoms with Gasteiger partial charge >= 0.3 is 18.3 Å². The van der Waals surface area contributed by atoms with Crippen molar-refractivity contribution in [1.29, 1.82) is 0 Å². The average molecular weight is 342 g/mol. The molecule has 0 saturated heterocycles. The molecule has 3 amide bonds. The molecule has 5 N–H and O–H groups in total. The molecule has 0 saturated carbocycles. The fourth-order valence-electron chi connectivity index (χ4n) is 1.23. The van der Waals surface area contributed by atoms with Crippen molar-refractivity contribution in [2.45, 2.75) is 6.10 Å². The number of nitrogens with one attached hydrogen (secondary N) is 1. The molecule has 1 heterocycles. The van der Waals surface area contributed by atoms with Crippen LogP contribution in [0.5, 0.6) is 0 Å². The van der Waals surface area contributed by atoms with E-state index in [0.717, 1.165) is 11.3 Å². The molecule has 1 aromatic rings. The monoisotopic (exact) mass is 341 g/mol. The van der Waals surface area contributed by atoms with Crippen molar-refractivity contribution >= 4 is 52.8 Å². The first kappa shape index (κ1) is 16.3. The minimum absolute atomic E-state index is 0.234. The van der Waals surface area contributed by atoms with E-state index in [1.54, 1.807) is 0 Å². The molecule has 1 unspecified atom stereocenters. The minimum atomic E-state index is -1.27. The summed E-state index contributed by atoms with van der Waals surface area (Å²) in [5.41, 5.74) is 9.94. The van der Waals surface area contributed by atoms with Gasteiger partial charge in [0.25, 0.3) is 0 Å². The number of halogens is 2. The Morgan fingerprint density at radius 2 is 1.95 bits per heavy atom. The van der Waals surface area contributed by atoms with Crippen LogP contribution >= 0.6 is 34.5 Å². The molecule has 8 nitrogen and oxygen atoms in total. The molecule has 20 heavy (non-hydrogen) atoms. The van der Waals surface area contributed by atoms with Crippen LogP contribution in [-0.2, 0) is 9.47 Å². The molecule has 0 radical (unpaired) electrons. The van der Waals surface area contributed by atoms with Crippen LogP contribution in [0.2, 0.25) is 8.67 Å². The van der Waals surface area contributed by atoms with Crippen LogP contribution in [0.3, 0.4) is 0 Å². The Morgan fingerprint density at radius 1 is 1.30 bits per heavy atom. The average Bonchev–Trinajstić information content (AvgIpc) is 2.62. The second-order valence-corrected chi connectivity index (χ2v) is 5.58. The quantitative estimate of drug-likeness (QED) is 0.720. The number of primary amides is 2. The number of ether oxygens (including phenoxy) is 2. The van der Waals surface area contributed by atoms with Gasteiger partial charge in [0.1, 0.15) is 10.4 Å². The number of thiophene rings is 1. The van der Waals surface area contributed by atoms with Gasteiger partial charge in [-0.25, -0.2) is 14.4 Å². The van der Waals surface area contributed by atoms with Crippen LogP contribution in [-0.4, -0.2) is 24.8 Å². The molecule has 110 valence electrons. The Labute approximate surface area is 126 Å². The fourth-order valence-corrected chi connectivity index (χ4v) is 2.79. The van der Waals surface area contributed by atoms with Gasteiger partial charge in [-0.05, 0) is 6.07 Å². The summed E-state index contributed by atoms with van der Waals surface area (Å²) in [6.45, 7) is -0.234. The minimum Gasteiger partial charge on any atom is -0.440 e. The van der Waals surface area contributed by atoms with E-state index in [1.165, 1.54) is 6.07 Å². The van der Waals surface area contributed by atoms with Gasteiger partial charge in [-0.15, -0.1) is 11.3 Å². The Bertz CT molecular complexity index is 536. The standard InChI is InChI=1S/C9H9Cl2N3O5S/c10-5-1-3(6(11)20-5)4(18-7(12)15)2-14-9(17)19-8(13)16/h1,4H,2H2,(H2,12,15)(H2,13,16)(H,14,17). The van der Waals surface area contributed by atoms with E-state index in [9.17, 15) is 14.4 Å². The zero-order chi connectivity index (χ0) is 15.3. The van der Waals surface area contributed by atoms with Crippen molar-refractivity contribution in [2.24, 2.45) is 11.5 Å². The van der Waals surface area contributed by atoms with Gasteiger partial charge in [0.15, 0.2) is 0 Å². The topological polar surface area (TPSA) is 134 Å². The zero-order valence-electron chi connectivity index (χ0n) is 9.72. The Morgan fingerprint density at radius 3 is 2.40 bits per heavy atom. The summed E-state index contributed by atoms with van der Waals surface area (Å²) in [6.07, 6.45) is -4.43. The van der Waals surface area contributed by atoms with Gasteiger partial charge in [-0.3, -0.25) is 0 Å². The predicted octanol–water partition coefficient (Wildman–Crippen LogP) is 2.00. The van der Waals surface area contributed by atoms with Crippen molar-refractivity contribution in [3.05, 3.63) is 20.3 Å². The summed E-state index contributed by atoms with van der Waals surface area (Å²) in [5, 5.41) is 2.16. The number of alkyl carbamates (subject to hydrolysis) is 1. The third-order valence-corrected chi connectivity index (χ3v) is 3.43. The second-order valence-electron chi connectivity index (χ2n) is 3.29. The van der Waals surface area contributed by atoms with Crippen molar-refractivity contribution in [1.82, 2.24) is 5.32 Å². The van der Waals surface area contributed by atoms with Crippen LogP contribution in [0, 0.1) is 0 Å². The molecular weight excluding hydrogens is 333 g/mol. The lowest BCUT2D eigenvalue weighted by atomic mass is 10.2. The van der Waals surface area contributed by atoms with Gasteiger partial charge < -0.3 is 26.3 Å². The molecule has 0 fully saturated rings. The number of hydrogen-bond donors (Lipinski definition) is 3. The fraction of sp³-hybridized carbons (Fsp3) is 0.222. The highest BCUT2D eigenvalue weighted by atomic mass is 35.5. The summed E-state index contributed by atoms with van der Waals surface area (Å²) < 4.78 is 9.47. The van der Waals surface area contributed by atoms with Gasteiger partial charge in [0, 0.05) is 5.56 Å². The highest BCUT2D eigenvalue weighted by molar-refractivity contribution is 7.20. The molecular formula is C9H9Cl2N3O5S. The Hall–Kier alpha value is -1.71. The summed E-state index contributed by atoms with van der Waals surface area (Å²) in [4.78, 5) is 32.3. The van der Waals surface area contributed by atoms with Crippen molar-refractivity contribution in [3.8, 4) is 0 Å². The molecule has 1 rings (SSSR count). The van der Waals surface area contributed by atoms with Crippen LogP contribution < -0.4 is 16.8 Å². The number of amides is 3. The number of carbonyl (C=O) groups excluding carboxylic acids is 3. The Kier molecular flexibility index (Phi) is 5.86. The maximum atomic E-state index is 11.1. The van der Waals surface area contributed by atoms with Crippen molar-refractivity contribution in [3.63, 3.8) is 0 Å². The first-order valence-corrected chi connectivity index (χ1v) is 6.52. The molecule has 0 aliphatic carbocycles. The van der Waals surface area contributed by atoms with E-state index >= 15 is 0 Å². The normalized spacial score (nSPS) is 11.5. The lowest BCUT2D eigenvalue weighted by Gasteiger charge is -2.16. The molecule has 11 heteroatoms. The van der Waals surface area contributed by atoms with Crippen molar-refractivity contribution in [2.75, 3.05) is 6.54 Å². The molecule has 0 aliphatic heterocycles. The summed E-state index contributed by atoms with van der Waals surface area (Å²) in [7, 11) is 0. The maximum Gasteiger partial charge on any atom is 0.416 e. The lowest BCUT2D eigenvalue weighted by Crippen LogP contribution is -2.34. The molecule has 0 aliphatic rings. The van der Waals surface area contributed by atoms with Crippen LogP contribution in [0.15, 0.2) is 6.07 Å². The van der Waals surface area contributed by atoms with Crippen LogP contribution in [0.1, 0.15) is 11.7 Å². The van der Waals surface area contributed by atoms with E-state index in [4.69, 9.17) is 33.7 Å². The first-order valence-electron chi connectivity index (χ1n) is 4.95. The molecule has 0 bridgehead atoms. The predicted molar refractivity (Wildman–Crippen MR) is 71.8 cm³/mol. The van der Waals surface area contributed by atoms with Gasteiger partial charge in [0.05, 0.1) is 10.9 Å². The first-order chi connectivity index (χ1) is 9.29. The third kappa shape index (κ3) is 5.11. The lowest BCUT2D eigenvalue weighted by molar-refractivity contribution is 0.102. The van der Waals surface area contributed by atoms with E-state index in [0.29, 0.717) is 9.90 Å². The number of nitrogens with two attached hydrogens (primary N) is 2. The van der Waals surface area contributed by atoms with E-state index in [-0.39, 0.29) is 10.9 Å². The maximum absolute atomic E-state index is 11.1. The van der Waals surface area contributed by atoms with Crippen LogP contribution in [0.4, 0.5) is 14.4 Å². The largest absolute Gasteiger partial charge is 0.440 e. The van der Waals surface area contributed by atoms with Gasteiger partial charge in [0.2, 0.25) is 0 Å². The number of rotatable bonds is 4. The smallest absolute Gasteiger partial charge is 0.416 e. The highest BCUT2D eigenvalue weighted by Crippen LogP contribution is 2.36. The Balaban J connectivity index is 2.75. The SMILES string of the molecule is NC(=O)OC(=O)NCC(OC(N)=O)c1cc(Cl)sc1Cl. The van der Waals surface area contributed by atoms with Crippen LogP contribution in [0.25, 0.3) is 0 Å². The summed E-state index contributed by atoms with van der Waals surface area (Å²) in [5.74, 6) is 0. The highest BCUT2D eigenvalue weighted by Gasteiger charge is 2.22. The summed E-state index contributed by atoms with van der Waals surface area (Å²) >= 11 is 12.7. The van der Waals surface area contributed by atoms with Gasteiger partial charge in [-0.1, -0.05) is 23.2 Å². The second kappa shape index (κ2) is 7.17. The van der Waals surface area contributed by atoms with Crippen molar-refractivity contribution < 1.29 is 23.9 Å². The van der Waals surface area contributed by atoms with E-state index in [2.05, 4.69) is 15.8 Å². The third-order valence-electron chi connectivity index (χ3n) is 1.91. The zero-order valence-corrected chi connectivity index (χ0v) is 12.1. The molecule has 1 atom stereocenters. The molecule has 0 aromatic carbocycles. The van der Waals surface area contributed by atoms with Gasteiger partial charge in [-0.2, -0.15) is 0 Å². The van der Waals surface area contributed by atoms with E-state index < -0.39 is 24.4 Å². The van der Waals surface area contributed by atoms with E-state index in [1.807, 2.05) is 0 Å². The summed E-state index contributed by atoms with van der Waals surface area (Å²) in [6, 6.07) is 1.46.